The Morgan fingerprint density at radius 1 is 1.12 bits per heavy atom. The highest BCUT2D eigenvalue weighted by Crippen LogP contribution is 2.47. The lowest BCUT2D eigenvalue weighted by atomic mass is 9.68. The van der Waals surface area contributed by atoms with Crippen LogP contribution in [-0.2, 0) is 9.59 Å². The highest BCUT2D eigenvalue weighted by molar-refractivity contribution is 9.10. The molecule has 0 saturated carbocycles. The topological polar surface area (TPSA) is 159 Å². The fourth-order valence-electron chi connectivity index (χ4n) is 6.11. The van der Waals surface area contributed by atoms with E-state index in [0.717, 1.165) is 27.8 Å². The monoisotopic (exact) mass is 627 g/mol. The number of aromatic hydroxyl groups is 1. The van der Waals surface area contributed by atoms with Crippen molar-refractivity contribution in [3.8, 4) is 5.75 Å². The normalized spacial score (nSPS) is 21.9. The molecule has 0 unspecified atom stereocenters. The summed E-state index contributed by atoms with van der Waals surface area (Å²) in [6, 6.07) is 11.0. The van der Waals surface area contributed by atoms with E-state index >= 15 is 0 Å². The van der Waals surface area contributed by atoms with Gasteiger partial charge in [0.25, 0.3) is 0 Å². The quantitative estimate of drug-likeness (QED) is 0.126. The van der Waals surface area contributed by atoms with Crippen molar-refractivity contribution >= 4 is 52.1 Å². The molecular formula is C30H35BBrNO8. The summed E-state index contributed by atoms with van der Waals surface area (Å²) in [7, 11) is -1.78. The average molecular weight is 628 g/mol. The Bertz CT molecular complexity index is 1360. The molecule has 2 aliphatic rings. The minimum Gasteiger partial charge on any atom is -0.507 e. The molecule has 1 saturated heterocycles. The summed E-state index contributed by atoms with van der Waals surface area (Å²) in [5.74, 6) is -3.52. The summed E-state index contributed by atoms with van der Waals surface area (Å²) in [5, 5.41) is 61.4. The zero-order chi connectivity index (χ0) is 29.8. The number of phenols is 1. The van der Waals surface area contributed by atoms with E-state index in [4.69, 9.17) is 0 Å². The number of fused-ring (bicyclic) bond motifs is 1. The summed E-state index contributed by atoms with van der Waals surface area (Å²) in [5.41, 5.74) is 2.79. The number of hydrogen-bond acceptors (Lipinski definition) is 8. The number of halogens is 1. The second-order valence-electron chi connectivity index (χ2n) is 10.6. The molecule has 9 nitrogen and oxygen atoms in total. The number of allylic oxidation sites excluding steroid dienone is 1. The Labute approximate surface area is 247 Å². The molecule has 218 valence electrons. The third-order valence-electron chi connectivity index (χ3n) is 8.02. The first-order valence-corrected chi connectivity index (χ1v) is 14.5. The minimum absolute atomic E-state index is 0.0665. The number of carbonyl (C=O) groups excluding carboxylic acids is 2. The minimum atomic E-state index is -1.78. The molecule has 1 aliphatic heterocycles. The van der Waals surface area contributed by atoms with E-state index in [1.54, 1.807) is 12.1 Å². The number of anilines is 1. The van der Waals surface area contributed by atoms with Crippen LogP contribution in [0.3, 0.4) is 0 Å². The Morgan fingerprint density at radius 3 is 2.54 bits per heavy atom. The molecule has 0 aromatic heterocycles. The van der Waals surface area contributed by atoms with Gasteiger partial charge in [0.05, 0.1) is 36.8 Å². The van der Waals surface area contributed by atoms with E-state index < -0.39 is 56.0 Å². The molecular weight excluding hydrogens is 593 g/mol. The molecule has 1 fully saturated rings. The van der Waals surface area contributed by atoms with Crippen LogP contribution in [-0.4, -0.2) is 68.7 Å². The number of imide groups is 1. The largest absolute Gasteiger partial charge is 0.507 e. The van der Waals surface area contributed by atoms with Gasteiger partial charge in [-0.1, -0.05) is 53.1 Å². The van der Waals surface area contributed by atoms with Crippen molar-refractivity contribution in [2.45, 2.75) is 45.1 Å². The van der Waals surface area contributed by atoms with E-state index in [2.05, 4.69) is 15.9 Å². The van der Waals surface area contributed by atoms with Crippen molar-refractivity contribution in [1.29, 1.82) is 0 Å². The van der Waals surface area contributed by atoms with Crippen molar-refractivity contribution in [2.24, 2.45) is 17.8 Å². The van der Waals surface area contributed by atoms with Gasteiger partial charge in [-0.25, -0.2) is 0 Å². The van der Waals surface area contributed by atoms with Crippen LogP contribution < -0.4 is 10.4 Å². The first-order chi connectivity index (χ1) is 19.6. The van der Waals surface area contributed by atoms with Crippen molar-refractivity contribution in [3.63, 3.8) is 0 Å². The lowest BCUT2D eigenvalue weighted by molar-refractivity contribution is -0.123. The molecule has 0 radical (unpaired) electrons. The third kappa shape index (κ3) is 6.50. The van der Waals surface area contributed by atoms with E-state index in [9.17, 15) is 40.1 Å². The molecule has 1 heterocycles. The summed E-state index contributed by atoms with van der Waals surface area (Å²) >= 11 is 3.42. The number of aliphatic hydroxyl groups excluding tert-OH is 3. The molecule has 2 aromatic carbocycles. The van der Waals surface area contributed by atoms with E-state index in [1.807, 2.05) is 19.1 Å². The molecule has 6 N–H and O–H groups in total. The van der Waals surface area contributed by atoms with Crippen LogP contribution in [0, 0.1) is 17.8 Å². The van der Waals surface area contributed by atoms with Crippen LogP contribution >= 0.6 is 15.9 Å². The molecule has 11 heteroatoms. The third-order valence-corrected chi connectivity index (χ3v) is 8.51. The van der Waals surface area contributed by atoms with Gasteiger partial charge in [-0.2, -0.15) is 0 Å². The zero-order valence-corrected chi connectivity index (χ0v) is 24.4. The summed E-state index contributed by atoms with van der Waals surface area (Å²) in [6.07, 6.45) is 3.22. The average Bonchev–Trinajstić information content (AvgIpc) is 3.21. The predicted octanol–water partition coefficient (Wildman–Crippen LogP) is 2.27. The van der Waals surface area contributed by atoms with Crippen molar-refractivity contribution in [1.82, 2.24) is 0 Å². The Morgan fingerprint density at radius 2 is 1.88 bits per heavy atom. The number of amides is 2. The van der Waals surface area contributed by atoms with Crippen LogP contribution in [0.25, 0.3) is 6.08 Å². The van der Waals surface area contributed by atoms with E-state index in [-0.39, 0.29) is 29.7 Å². The summed E-state index contributed by atoms with van der Waals surface area (Å²) in [4.78, 5) is 28.1. The summed E-state index contributed by atoms with van der Waals surface area (Å²) in [6.45, 7) is 1.11. The summed E-state index contributed by atoms with van der Waals surface area (Å²) < 4.78 is 0.821. The maximum Gasteiger partial charge on any atom is 0.488 e. The van der Waals surface area contributed by atoms with Gasteiger partial charge >= 0.3 is 7.12 Å². The van der Waals surface area contributed by atoms with Gasteiger partial charge in [0.1, 0.15) is 5.75 Å². The van der Waals surface area contributed by atoms with E-state index in [0.29, 0.717) is 23.1 Å². The number of benzene rings is 2. The lowest BCUT2D eigenvalue weighted by Gasteiger charge is -2.36. The first kappa shape index (κ1) is 31.1. The maximum atomic E-state index is 13.6. The molecule has 2 amide bonds. The van der Waals surface area contributed by atoms with Crippen molar-refractivity contribution in [2.75, 3.05) is 18.1 Å². The number of phenolic OH excluding ortho intramolecular Hbond substituents is 1. The zero-order valence-electron chi connectivity index (χ0n) is 22.8. The number of aliphatic hydroxyl groups is 3. The first-order valence-electron chi connectivity index (χ1n) is 13.7. The van der Waals surface area contributed by atoms with Gasteiger partial charge in [-0.3, -0.25) is 14.5 Å². The van der Waals surface area contributed by atoms with Gasteiger partial charge < -0.3 is 30.5 Å². The second-order valence-corrected chi connectivity index (χ2v) is 11.5. The standard InChI is InChI=1S/C30H35BBrNO8/c1-2-4-17(11-18-12-21(32)8-10-25(18)36)7-9-26(37)27-19(15-34)13-23-28(24(27)16-35)30(39)33(29(23)38)22-6-3-5-20(14-22)31(40)41/h3,5-6,8,10-12,14,23-24,26,28,34-37,40-41H,2,4,7,9,13,15-16H2,1H3/b17-11+/t23-,24+,26-,28-/m1/s1. The fourth-order valence-corrected chi connectivity index (χ4v) is 6.49. The number of nitrogens with zero attached hydrogens (tertiary/aromatic N) is 1. The number of hydrogen-bond donors (Lipinski definition) is 6. The van der Waals surface area contributed by atoms with Gasteiger partial charge in [0, 0.05) is 16.0 Å². The second kappa shape index (κ2) is 13.5. The van der Waals surface area contributed by atoms with Crippen LogP contribution in [0.4, 0.5) is 5.69 Å². The van der Waals surface area contributed by atoms with Gasteiger partial charge in [0.15, 0.2) is 0 Å². The molecule has 41 heavy (non-hydrogen) atoms. The van der Waals surface area contributed by atoms with Crippen LogP contribution in [0.2, 0.25) is 0 Å². The molecule has 1 aliphatic carbocycles. The smallest absolute Gasteiger partial charge is 0.488 e. The van der Waals surface area contributed by atoms with Gasteiger partial charge in [-0.05, 0) is 72.6 Å². The lowest BCUT2D eigenvalue weighted by Crippen LogP contribution is -2.39. The van der Waals surface area contributed by atoms with Crippen LogP contribution in [0.15, 0.2) is 63.7 Å². The fraction of sp³-hybridized carbons (Fsp3) is 0.400. The maximum absolute atomic E-state index is 13.6. The van der Waals surface area contributed by atoms with Crippen molar-refractivity contribution < 1.29 is 40.1 Å². The van der Waals surface area contributed by atoms with Crippen LogP contribution in [0.5, 0.6) is 5.75 Å². The molecule has 0 spiro atoms. The Kier molecular flexibility index (Phi) is 10.2. The van der Waals surface area contributed by atoms with Gasteiger partial charge in [0.2, 0.25) is 11.8 Å². The highest BCUT2D eigenvalue weighted by Gasteiger charge is 2.55. The van der Waals surface area contributed by atoms with Gasteiger partial charge in [-0.15, -0.1) is 0 Å². The number of rotatable bonds is 11. The number of carbonyl (C=O) groups is 2. The molecule has 0 bridgehead atoms. The Balaban J connectivity index is 1.60. The molecule has 2 aromatic rings. The SMILES string of the molecule is CCC/C(=C\c1cc(Br)ccc1O)CC[C@@H](O)C1=C(CO)C[C@H]2C(=O)N(c3cccc(B(O)O)c3)C(=O)[C@H]2[C@H]1CO. The molecule has 4 rings (SSSR count). The molecule has 4 atom stereocenters. The Hall–Kier alpha value is -2.80. The van der Waals surface area contributed by atoms with Crippen LogP contribution in [0.1, 0.15) is 44.6 Å². The highest BCUT2D eigenvalue weighted by atomic mass is 79.9. The predicted molar refractivity (Wildman–Crippen MR) is 159 cm³/mol. The van der Waals surface area contributed by atoms with Crippen molar-refractivity contribution in [3.05, 3.63) is 69.2 Å². The van der Waals surface area contributed by atoms with E-state index in [1.165, 1.54) is 24.3 Å².